The van der Waals surface area contributed by atoms with E-state index in [4.69, 9.17) is 14.2 Å². The second-order valence-corrected chi connectivity index (χ2v) is 16.7. The van der Waals surface area contributed by atoms with Crippen LogP contribution in [0.3, 0.4) is 0 Å². The summed E-state index contributed by atoms with van der Waals surface area (Å²) in [4.78, 5) is 37.8. The van der Waals surface area contributed by atoms with Gasteiger partial charge in [0.2, 0.25) is 0 Å². The van der Waals surface area contributed by atoms with E-state index < -0.39 is 6.10 Å². The molecule has 0 rings (SSSR count). The van der Waals surface area contributed by atoms with Crippen molar-refractivity contribution < 1.29 is 28.6 Å². The quantitative estimate of drug-likeness (QED) is 0.0264. The molecule has 0 saturated carbocycles. The zero-order valence-corrected chi connectivity index (χ0v) is 38.6. The maximum atomic E-state index is 12.7. The van der Waals surface area contributed by atoms with Gasteiger partial charge in [0.25, 0.3) is 0 Å². The van der Waals surface area contributed by atoms with Crippen LogP contribution in [-0.2, 0) is 28.6 Å². The molecule has 0 radical (unpaired) electrons. The zero-order valence-electron chi connectivity index (χ0n) is 38.6. The summed E-state index contributed by atoms with van der Waals surface area (Å²) >= 11 is 0. The molecule has 0 aliphatic rings. The number of rotatable bonds is 45. The normalized spacial score (nSPS) is 12.3. The number of allylic oxidation sites excluding steroid dienone is 6. The Kier molecular flexibility index (Phi) is 45.4. The smallest absolute Gasteiger partial charge is 0.306 e. The van der Waals surface area contributed by atoms with Crippen molar-refractivity contribution in [3.8, 4) is 0 Å². The van der Waals surface area contributed by atoms with Gasteiger partial charge in [-0.15, -0.1) is 0 Å². The fraction of sp³-hybridized carbons (Fsp3) is 0.827. The molecule has 0 aromatic rings. The summed E-state index contributed by atoms with van der Waals surface area (Å²) in [5.41, 5.74) is 0. The molecule has 1 atom stereocenters. The number of unbranched alkanes of at least 4 members (excludes halogenated alkanes) is 28. The SMILES string of the molecule is CC/C=C\C/C=C\CCCCCCCC(=O)OC(COC(=O)CCCCCCC/C=C\CCCCCCCCCCC)COC(=O)CCCCCCCCCCCC. The molecule has 0 amide bonds. The lowest BCUT2D eigenvalue weighted by atomic mass is 10.1. The maximum absolute atomic E-state index is 12.7. The van der Waals surface area contributed by atoms with Gasteiger partial charge in [0.05, 0.1) is 0 Å². The molecular weight excluding hydrogens is 721 g/mol. The zero-order chi connectivity index (χ0) is 42.3. The number of hydrogen-bond donors (Lipinski definition) is 0. The van der Waals surface area contributed by atoms with Crippen LogP contribution in [0.25, 0.3) is 0 Å². The van der Waals surface area contributed by atoms with Gasteiger partial charge in [-0.2, -0.15) is 0 Å². The van der Waals surface area contributed by atoms with Crippen LogP contribution in [0.2, 0.25) is 0 Å². The van der Waals surface area contributed by atoms with Crippen molar-refractivity contribution in [2.24, 2.45) is 0 Å². The van der Waals surface area contributed by atoms with E-state index in [1.807, 2.05) is 0 Å². The number of esters is 3. The highest BCUT2D eigenvalue weighted by Gasteiger charge is 2.19. The minimum absolute atomic E-state index is 0.0784. The van der Waals surface area contributed by atoms with E-state index in [0.29, 0.717) is 19.3 Å². The highest BCUT2D eigenvalue weighted by Crippen LogP contribution is 2.15. The van der Waals surface area contributed by atoms with Gasteiger partial charge in [0.15, 0.2) is 6.10 Å². The summed E-state index contributed by atoms with van der Waals surface area (Å²) in [7, 11) is 0. The Labute approximate surface area is 359 Å². The van der Waals surface area contributed by atoms with Gasteiger partial charge in [-0.3, -0.25) is 14.4 Å². The van der Waals surface area contributed by atoms with Crippen molar-refractivity contribution in [2.45, 2.75) is 264 Å². The van der Waals surface area contributed by atoms with Crippen molar-refractivity contribution in [1.82, 2.24) is 0 Å². The number of hydrogen-bond acceptors (Lipinski definition) is 6. The molecule has 1 unspecified atom stereocenters. The summed E-state index contributed by atoms with van der Waals surface area (Å²) in [5, 5.41) is 0. The van der Waals surface area contributed by atoms with Crippen LogP contribution < -0.4 is 0 Å². The molecule has 6 nitrogen and oxygen atoms in total. The molecular formula is C52H94O6. The molecule has 0 saturated heterocycles. The fourth-order valence-corrected chi connectivity index (χ4v) is 7.12. The predicted molar refractivity (Wildman–Crippen MR) is 247 cm³/mol. The molecule has 338 valence electrons. The molecule has 0 aliphatic heterocycles. The number of carbonyl (C=O) groups excluding carboxylic acids is 3. The van der Waals surface area contributed by atoms with Gasteiger partial charge < -0.3 is 14.2 Å². The van der Waals surface area contributed by atoms with Crippen LogP contribution in [0.15, 0.2) is 36.5 Å². The first-order chi connectivity index (χ1) is 28.5. The summed E-state index contributed by atoms with van der Waals surface area (Å²) in [6.45, 7) is 6.51. The number of carbonyl (C=O) groups is 3. The van der Waals surface area contributed by atoms with Crippen molar-refractivity contribution in [1.29, 1.82) is 0 Å². The van der Waals surface area contributed by atoms with E-state index in [2.05, 4.69) is 57.2 Å². The standard InChI is InChI=1S/C52H94O6/c1-4-7-10-13-16-19-22-24-25-26-27-28-29-31-33-36-39-42-45-51(54)57-48-49(47-56-50(53)44-41-38-35-32-21-18-15-12-9-6-3)58-52(55)46-43-40-37-34-30-23-20-17-14-11-8-5-2/h8,11,17,20,27-28,49H,4-7,9-10,12-16,18-19,21-26,29-48H2,1-3H3/b11-8-,20-17-,28-27-. The molecule has 0 heterocycles. The van der Waals surface area contributed by atoms with Crippen LogP contribution in [0.5, 0.6) is 0 Å². The van der Waals surface area contributed by atoms with Crippen molar-refractivity contribution in [3.63, 3.8) is 0 Å². The number of ether oxygens (including phenoxy) is 3. The molecule has 0 aliphatic carbocycles. The van der Waals surface area contributed by atoms with Gasteiger partial charge in [-0.25, -0.2) is 0 Å². The van der Waals surface area contributed by atoms with Crippen LogP contribution >= 0.6 is 0 Å². The van der Waals surface area contributed by atoms with E-state index in [9.17, 15) is 14.4 Å². The van der Waals surface area contributed by atoms with Crippen molar-refractivity contribution >= 4 is 17.9 Å². The third-order valence-electron chi connectivity index (χ3n) is 10.9. The van der Waals surface area contributed by atoms with Gasteiger partial charge in [0, 0.05) is 19.3 Å². The Balaban J connectivity index is 4.32. The van der Waals surface area contributed by atoms with E-state index >= 15 is 0 Å². The Hall–Kier alpha value is -2.37. The molecule has 0 spiro atoms. The summed E-state index contributed by atoms with van der Waals surface area (Å²) in [6.07, 6.45) is 54.2. The summed E-state index contributed by atoms with van der Waals surface area (Å²) < 4.78 is 16.7. The van der Waals surface area contributed by atoms with Gasteiger partial charge in [-0.05, 0) is 70.6 Å². The average molecular weight is 815 g/mol. The molecule has 0 aromatic carbocycles. The Bertz CT molecular complexity index is 984. The fourth-order valence-electron chi connectivity index (χ4n) is 7.12. The largest absolute Gasteiger partial charge is 0.462 e. The van der Waals surface area contributed by atoms with E-state index in [1.54, 1.807) is 0 Å². The van der Waals surface area contributed by atoms with Crippen molar-refractivity contribution in [2.75, 3.05) is 13.2 Å². The monoisotopic (exact) mass is 815 g/mol. The van der Waals surface area contributed by atoms with Crippen LogP contribution in [0.4, 0.5) is 0 Å². The minimum atomic E-state index is -0.777. The van der Waals surface area contributed by atoms with E-state index in [1.165, 1.54) is 122 Å². The second-order valence-electron chi connectivity index (χ2n) is 16.7. The van der Waals surface area contributed by atoms with Crippen LogP contribution in [0, 0.1) is 0 Å². The third-order valence-corrected chi connectivity index (χ3v) is 10.9. The lowest BCUT2D eigenvalue weighted by Crippen LogP contribution is -2.30. The molecule has 6 heteroatoms. The lowest BCUT2D eigenvalue weighted by molar-refractivity contribution is -0.167. The average Bonchev–Trinajstić information content (AvgIpc) is 3.22. The molecule has 0 aromatic heterocycles. The first kappa shape index (κ1) is 55.6. The van der Waals surface area contributed by atoms with E-state index in [-0.39, 0.29) is 31.1 Å². The maximum Gasteiger partial charge on any atom is 0.306 e. The summed E-state index contributed by atoms with van der Waals surface area (Å²) in [6, 6.07) is 0. The third kappa shape index (κ3) is 44.7. The topological polar surface area (TPSA) is 78.9 Å². The van der Waals surface area contributed by atoms with Gasteiger partial charge in [0.1, 0.15) is 13.2 Å². The highest BCUT2D eigenvalue weighted by molar-refractivity contribution is 5.71. The van der Waals surface area contributed by atoms with E-state index in [0.717, 1.165) is 96.3 Å². The lowest BCUT2D eigenvalue weighted by Gasteiger charge is -2.18. The Morgan fingerprint density at radius 2 is 0.672 bits per heavy atom. The van der Waals surface area contributed by atoms with Gasteiger partial charge in [-0.1, -0.05) is 205 Å². The Morgan fingerprint density at radius 3 is 1.05 bits per heavy atom. The molecule has 0 bridgehead atoms. The molecule has 0 N–H and O–H groups in total. The highest BCUT2D eigenvalue weighted by atomic mass is 16.6. The Morgan fingerprint density at radius 1 is 0.362 bits per heavy atom. The molecule has 0 fully saturated rings. The predicted octanol–water partition coefficient (Wildman–Crippen LogP) is 16.1. The van der Waals surface area contributed by atoms with Crippen LogP contribution in [-0.4, -0.2) is 37.2 Å². The first-order valence-electron chi connectivity index (χ1n) is 25.0. The second kappa shape index (κ2) is 47.3. The summed E-state index contributed by atoms with van der Waals surface area (Å²) in [5.74, 6) is -0.897. The van der Waals surface area contributed by atoms with Crippen LogP contribution in [0.1, 0.15) is 258 Å². The van der Waals surface area contributed by atoms with Gasteiger partial charge >= 0.3 is 17.9 Å². The minimum Gasteiger partial charge on any atom is -0.462 e. The first-order valence-corrected chi connectivity index (χ1v) is 25.0. The molecule has 58 heavy (non-hydrogen) atoms. The van der Waals surface area contributed by atoms with Crippen molar-refractivity contribution in [3.05, 3.63) is 36.5 Å².